The van der Waals surface area contributed by atoms with Crippen molar-refractivity contribution in [1.82, 2.24) is 0 Å². The maximum Gasteiger partial charge on any atom is 0.106 e. The average Bonchev–Trinajstić information content (AvgIpc) is 2.69. The number of nitrogens with zero attached hydrogens (tertiary/aromatic N) is 1. The van der Waals surface area contributed by atoms with Crippen molar-refractivity contribution in [3.8, 4) is 6.07 Å². The van der Waals surface area contributed by atoms with E-state index in [2.05, 4.69) is 24.4 Å². The molecule has 0 radical (unpaired) electrons. The van der Waals surface area contributed by atoms with E-state index in [9.17, 15) is 0 Å². The summed E-state index contributed by atoms with van der Waals surface area (Å²) in [5.74, 6) is 1.88. The lowest BCUT2D eigenvalue weighted by Gasteiger charge is -2.15. The smallest absolute Gasteiger partial charge is 0.106 e. The molecule has 0 aliphatic heterocycles. The third-order valence-corrected chi connectivity index (χ3v) is 3.28. The fourth-order valence-electron chi connectivity index (χ4n) is 2.29. The number of nitriles is 1. The number of hydrogen-bond acceptors (Lipinski definition) is 3. The van der Waals surface area contributed by atoms with Crippen molar-refractivity contribution in [3.63, 3.8) is 0 Å². The largest absolute Gasteiger partial charge is 0.466 e. The number of nitrogens with one attached hydrogen (secondary N) is 1. The van der Waals surface area contributed by atoms with Gasteiger partial charge in [-0.05, 0) is 57.5 Å². The highest BCUT2D eigenvalue weighted by atomic mass is 16.3. The summed E-state index contributed by atoms with van der Waals surface area (Å²) in [6.07, 6.45) is 0. The van der Waals surface area contributed by atoms with E-state index in [4.69, 9.17) is 9.68 Å². The van der Waals surface area contributed by atoms with Gasteiger partial charge in [-0.2, -0.15) is 5.26 Å². The molecule has 1 unspecified atom stereocenters. The lowest BCUT2D eigenvalue weighted by molar-refractivity contribution is 0.500. The van der Waals surface area contributed by atoms with Crippen molar-refractivity contribution < 1.29 is 4.42 Å². The van der Waals surface area contributed by atoms with Gasteiger partial charge in [0.25, 0.3) is 0 Å². The third kappa shape index (κ3) is 2.79. The first-order chi connectivity index (χ1) is 9.01. The van der Waals surface area contributed by atoms with Gasteiger partial charge in [0, 0.05) is 11.3 Å². The van der Waals surface area contributed by atoms with Crippen molar-refractivity contribution in [2.75, 3.05) is 5.32 Å². The van der Waals surface area contributed by atoms with E-state index >= 15 is 0 Å². The van der Waals surface area contributed by atoms with Crippen LogP contribution in [0.1, 0.15) is 41.2 Å². The lowest BCUT2D eigenvalue weighted by Crippen LogP contribution is -2.07. The molecule has 1 aromatic heterocycles. The van der Waals surface area contributed by atoms with Gasteiger partial charge in [-0.1, -0.05) is 0 Å². The molecule has 3 nitrogen and oxygen atoms in total. The molecule has 0 aliphatic rings. The third-order valence-electron chi connectivity index (χ3n) is 3.28. The molecule has 1 N–H and O–H groups in total. The summed E-state index contributed by atoms with van der Waals surface area (Å²) >= 11 is 0. The van der Waals surface area contributed by atoms with Crippen LogP contribution in [0, 0.1) is 32.1 Å². The van der Waals surface area contributed by atoms with Gasteiger partial charge < -0.3 is 9.73 Å². The number of aryl methyl sites for hydroxylation is 3. The Kier molecular flexibility index (Phi) is 3.62. The molecule has 0 bridgehead atoms. The monoisotopic (exact) mass is 254 g/mol. The summed E-state index contributed by atoms with van der Waals surface area (Å²) in [5, 5.41) is 12.4. The van der Waals surface area contributed by atoms with E-state index in [-0.39, 0.29) is 6.04 Å². The first kappa shape index (κ1) is 13.2. The number of anilines is 1. The first-order valence-electron chi connectivity index (χ1n) is 6.35. The van der Waals surface area contributed by atoms with Gasteiger partial charge in [0.1, 0.15) is 11.5 Å². The Morgan fingerprint density at radius 3 is 2.47 bits per heavy atom. The van der Waals surface area contributed by atoms with E-state index in [1.54, 1.807) is 0 Å². The second kappa shape index (κ2) is 5.19. The molecular formula is C16H18N2O. The molecule has 2 aromatic rings. The Hall–Kier alpha value is -2.21. The van der Waals surface area contributed by atoms with E-state index in [0.29, 0.717) is 5.56 Å². The molecule has 0 saturated carbocycles. The summed E-state index contributed by atoms with van der Waals surface area (Å²) in [5.41, 5.74) is 3.88. The van der Waals surface area contributed by atoms with Crippen LogP contribution in [-0.4, -0.2) is 0 Å². The van der Waals surface area contributed by atoms with Gasteiger partial charge in [-0.15, -0.1) is 0 Å². The van der Waals surface area contributed by atoms with Crippen molar-refractivity contribution >= 4 is 5.69 Å². The molecule has 0 saturated heterocycles. The highest BCUT2D eigenvalue weighted by molar-refractivity contribution is 5.52. The fourth-order valence-corrected chi connectivity index (χ4v) is 2.29. The predicted octanol–water partition coefficient (Wildman–Crippen LogP) is 4.25. The predicted molar refractivity (Wildman–Crippen MR) is 76.1 cm³/mol. The minimum atomic E-state index is 0.171. The Morgan fingerprint density at radius 2 is 1.95 bits per heavy atom. The van der Waals surface area contributed by atoms with Crippen LogP contribution >= 0.6 is 0 Å². The molecule has 0 fully saturated rings. The van der Waals surface area contributed by atoms with Gasteiger partial charge in [0.15, 0.2) is 0 Å². The standard InChI is InChI=1S/C16H18N2O/c1-10-7-15(6-5-14(10)9-17)18-12(3)16-8-11(2)19-13(16)4/h5-8,12,18H,1-4H3. The second-order valence-corrected chi connectivity index (χ2v) is 4.88. The van der Waals surface area contributed by atoms with Crippen LogP contribution in [-0.2, 0) is 0 Å². The van der Waals surface area contributed by atoms with Crippen LogP contribution in [0.25, 0.3) is 0 Å². The van der Waals surface area contributed by atoms with Gasteiger partial charge in [0.2, 0.25) is 0 Å². The average molecular weight is 254 g/mol. The van der Waals surface area contributed by atoms with E-state index in [1.165, 1.54) is 5.56 Å². The molecule has 3 heteroatoms. The molecule has 1 heterocycles. The quantitative estimate of drug-likeness (QED) is 0.890. The van der Waals surface area contributed by atoms with E-state index in [0.717, 1.165) is 22.8 Å². The molecule has 98 valence electrons. The zero-order valence-corrected chi connectivity index (χ0v) is 11.7. The number of hydrogen-bond donors (Lipinski definition) is 1. The van der Waals surface area contributed by atoms with Gasteiger partial charge in [-0.3, -0.25) is 0 Å². The zero-order valence-electron chi connectivity index (χ0n) is 11.7. The zero-order chi connectivity index (χ0) is 14.0. The summed E-state index contributed by atoms with van der Waals surface area (Å²) < 4.78 is 5.55. The minimum Gasteiger partial charge on any atom is -0.466 e. The van der Waals surface area contributed by atoms with Gasteiger partial charge >= 0.3 is 0 Å². The number of benzene rings is 1. The van der Waals surface area contributed by atoms with Crippen LogP contribution in [0.15, 0.2) is 28.7 Å². The highest BCUT2D eigenvalue weighted by Gasteiger charge is 2.12. The van der Waals surface area contributed by atoms with Crippen LogP contribution in [0.3, 0.4) is 0 Å². The van der Waals surface area contributed by atoms with Gasteiger partial charge in [0.05, 0.1) is 17.7 Å². The molecule has 0 aliphatic carbocycles. The lowest BCUT2D eigenvalue weighted by atomic mass is 10.1. The SMILES string of the molecule is Cc1cc(C(C)Nc2ccc(C#N)c(C)c2)c(C)o1. The molecule has 1 atom stereocenters. The summed E-state index contributed by atoms with van der Waals surface area (Å²) in [6, 6.07) is 10.2. The molecule has 1 aromatic carbocycles. The van der Waals surface area contributed by atoms with Gasteiger partial charge in [-0.25, -0.2) is 0 Å². The van der Waals surface area contributed by atoms with Crippen molar-refractivity contribution in [3.05, 3.63) is 52.5 Å². The molecule has 2 rings (SSSR count). The Bertz CT molecular complexity index is 635. The Balaban J connectivity index is 2.20. The first-order valence-corrected chi connectivity index (χ1v) is 6.35. The number of furan rings is 1. The summed E-state index contributed by atoms with van der Waals surface area (Å²) in [6.45, 7) is 7.98. The van der Waals surface area contributed by atoms with Crippen LogP contribution < -0.4 is 5.32 Å². The topological polar surface area (TPSA) is 49.0 Å². The molecular weight excluding hydrogens is 236 g/mol. The van der Waals surface area contributed by atoms with Crippen molar-refractivity contribution in [1.29, 1.82) is 5.26 Å². The van der Waals surface area contributed by atoms with E-state index in [1.807, 2.05) is 39.0 Å². The Morgan fingerprint density at radius 1 is 1.21 bits per heavy atom. The fraction of sp³-hybridized carbons (Fsp3) is 0.312. The molecule has 0 spiro atoms. The summed E-state index contributed by atoms with van der Waals surface area (Å²) in [4.78, 5) is 0. The maximum atomic E-state index is 8.93. The normalized spacial score (nSPS) is 11.9. The Labute approximate surface area is 113 Å². The van der Waals surface area contributed by atoms with Crippen molar-refractivity contribution in [2.24, 2.45) is 0 Å². The highest BCUT2D eigenvalue weighted by Crippen LogP contribution is 2.25. The van der Waals surface area contributed by atoms with E-state index < -0.39 is 0 Å². The minimum absolute atomic E-state index is 0.171. The summed E-state index contributed by atoms with van der Waals surface area (Å²) in [7, 11) is 0. The van der Waals surface area contributed by atoms with Crippen LogP contribution in [0.2, 0.25) is 0 Å². The second-order valence-electron chi connectivity index (χ2n) is 4.88. The number of rotatable bonds is 3. The van der Waals surface area contributed by atoms with Crippen LogP contribution in [0.4, 0.5) is 5.69 Å². The molecule has 19 heavy (non-hydrogen) atoms. The van der Waals surface area contributed by atoms with Crippen LogP contribution in [0.5, 0.6) is 0 Å². The van der Waals surface area contributed by atoms with Crippen molar-refractivity contribution in [2.45, 2.75) is 33.7 Å². The molecule has 0 amide bonds. The maximum absolute atomic E-state index is 8.93.